The minimum atomic E-state index is 0.0747. The summed E-state index contributed by atoms with van der Waals surface area (Å²) in [6, 6.07) is 4.54. The summed E-state index contributed by atoms with van der Waals surface area (Å²) in [5.74, 6) is 0. The molecule has 0 N–H and O–H groups in total. The SMILES string of the molecule is CCC(C#N)N1CCN(c2ccncc2C)CC1. The van der Waals surface area contributed by atoms with Gasteiger partial charge in [0.15, 0.2) is 0 Å². The van der Waals surface area contributed by atoms with Crippen LogP contribution < -0.4 is 4.90 Å². The summed E-state index contributed by atoms with van der Waals surface area (Å²) in [4.78, 5) is 8.80. The Labute approximate surface area is 109 Å². The molecule has 18 heavy (non-hydrogen) atoms. The predicted molar refractivity (Wildman–Crippen MR) is 72.5 cm³/mol. The van der Waals surface area contributed by atoms with E-state index in [1.54, 1.807) is 0 Å². The zero-order chi connectivity index (χ0) is 13.0. The number of pyridine rings is 1. The highest BCUT2D eigenvalue weighted by Crippen LogP contribution is 2.20. The highest BCUT2D eigenvalue weighted by Gasteiger charge is 2.23. The van der Waals surface area contributed by atoms with Crippen LogP contribution in [0.4, 0.5) is 5.69 Å². The van der Waals surface area contributed by atoms with Crippen LogP contribution >= 0.6 is 0 Å². The molecule has 1 unspecified atom stereocenters. The molecule has 1 aromatic heterocycles. The van der Waals surface area contributed by atoms with E-state index in [4.69, 9.17) is 5.26 Å². The summed E-state index contributed by atoms with van der Waals surface area (Å²) >= 11 is 0. The Balaban J connectivity index is 1.99. The fourth-order valence-corrected chi connectivity index (χ4v) is 2.53. The second-order valence-corrected chi connectivity index (χ2v) is 4.74. The summed E-state index contributed by atoms with van der Waals surface area (Å²) in [7, 11) is 0. The number of aromatic nitrogens is 1. The van der Waals surface area contributed by atoms with Gasteiger partial charge in [0.25, 0.3) is 0 Å². The molecule has 0 saturated carbocycles. The van der Waals surface area contributed by atoms with Gasteiger partial charge in [0, 0.05) is 44.3 Å². The van der Waals surface area contributed by atoms with Crippen molar-refractivity contribution in [2.75, 3.05) is 31.1 Å². The number of rotatable bonds is 3. The molecule has 1 fully saturated rings. The minimum Gasteiger partial charge on any atom is -0.369 e. The minimum absolute atomic E-state index is 0.0747. The third-order valence-electron chi connectivity index (χ3n) is 3.62. The van der Waals surface area contributed by atoms with Crippen LogP contribution in [0.1, 0.15) is 18.9 Å². The van der Waals surface area contributed by atoms with Crippen molar-refractivity contribution in [1.29, 1.82) is 5.26 Å². The molecule has 0 radical (unpaired) electrons. The van der Waals surface area contributed by atoms with Crippen molar-refractivity contribution in [1.82, 2.24) is 9.88 Å². The van der Waals surface area contributed by atoms with Gasteiger partial charge in [-0.3, -0.25) is 9.88 Å². The van der Waals surface area contributed by atoms with Gasteiger partial charge < -0.3 is 4.90 Å². The van der Waals surface area contributed by atoms with Crippen LogP contribution in [0.25, 0.3) is 0 Å². The fourth-order valence-electron chi connectivity index (χ4n) is 2.53. The van der Waals surface area contributed by atoms with E-state index in [0.29, 0.717) is 0 Å². The maximum Gasteiger partial charge on any atom is 0.0976 e. The van der Waals surface area contributed by atoms with Crippen LogP contribution in [-0.2, 0) is 0 Å². The standard InChI is InChI=1S/C14H20N4/c1-3-13(10-15)17-6-8-18(9-7-17)14-4-5-16-11-12(14)2/h4-5,11,13H,3,6-9H2,1-2H3. The Morgan fingerprint density at radius 2 is 2.11 bits per heavy atom. The Bertz CT molecular complexity index is 430. The van der Waals surface area contributed by atoms with Crippen LogP contribution in [0.3, 0.4) is 0 Å². The number of hydrogen-bond acceptors (Lipinski definition) is 4. The molecular formula is C14H20N4. The van der Waals surface area contributed by atoms with Crippen LogP contribution in [0.5, 0.6) is 0 Å². The topological polar surface area (TPSA) is 43.2 Å². The Hall–Kier alpha value is -1.60. The van der Waals surface area contributed by atoms with Gasteiger partial charge >= 0.3 is 0 Å². The molecule has 0 amide bonds. The first kappa shape index (κ1) is 12.8. The molecule has 2 rings (SSSR count). The summed E-state index contributed by atoms with van der Waals surface area (Å²) in [6.45, 7) is 8.08. The summed E-state index contributed by atoms with van der Waals surface area (Å²) < 4.78 is 0. The van der Waals surface area contributed by atoms with E-state index in [0.717, 1.165) is 32.6 Å². The second-order valence-electron chi connectivity index (χ2n) is 4.74. The molecular weight excluding hydrogens is 224 g/mol. The monoisotopic (exact) mass is 244 g/mol. The van der Waals surface area contributed by atoms with Crippen molar-refractivity contribution in [2.45, 2.75) is 26.3 Å². The first-order valence-electron chi connectivity index (χ1n) is 6.55. The van der Waals surface area contributed by atoms with Gasteiger partial charge in [0.05, 0.1) is 12.1 Å². The molecule has 1 aromatic rings. The summed E-state index contributed by atoms with van der Waals surface area (Å²) in [5, 5.41) is 9.09. The molecule has 0 aromatic carbocycles. The van der Waals surface area contributed by atoms with Crippen LogP contribution in [0.15, 0.2) is 18.5 Å². The van der Waals surface area contributed by atoms with E-state index in [9.17, 15) is 0 Å². The normalized spacial score (nSPS) is 18.4. The van der Waals surface area contributed by atoms with E-state index in [1.807, 2.05) is 12.4 Å². The van der Waals surface area contributed by atoms with E-state index in [1.165, 1.54) is 11.3 Å². The summed E-state index contributed by atoms with van der Waals surface area (Å²) in [5.41, 5.74) is 2.49. The highest BCUT2D eigenvalue weighted by molar-refractivity contribution is 5.51. The molecule has 2 heterocycles. The van der Waals surface area contributed by atoms with Gasteiger partial charge in [-0.15, -0.1) is 0 Å². The lowest BCUT2D eigenvalue weighted by molar-refractivity contribution is 0.216. The molecule has 4 heteroatoms. The Kier molecular flexibility index (Phi) is 4.16. The van der Waals surface area contributed by atoms with Crippen molar-refractivity contribution in [2.24, 2.45) is 0 Å². The molecule has 1 atom stereocenters. The average molecular weight is 244 g/mol. The third kappa shape index (κ3) is 2.62. The predicted octanol–water partition coefficient (Wildman–Crippen LogP) is 1.81. The van der Waals surface area contributed by atoms with Gasteiger partial charge in [-0.2, -0.15) is 5.26 Å². The van der Waals surface area contributed by atoms with Crippen molar-refractivity contribution >= 4 is 5.69 Å². The molecule has 0 bridgehead atoms. The molecule has 1 aliphatic heterocycles. The zero-order valence-electron chi connectivity index (χ0n) is 11.1. The first-order valence-corrected chi connectivity index (χ1v) is 6.55. The molecule has 0 spiro atoms. The lowest BCUT2D eigenvalue weighted by atomic mass is 10.1. The largest absolute Gasteiger partial charge is 0.369 e. The van der Waals surface area contributed by atoms with Gasteiger partial charge in [0.2, 0.25) is 0 Å². The molecule has 1 saturated heterocycles. The van der Waals surface area contributed by atoms with Gasteiger partial charge in [-0.1, -0.05) is 6.92 Å². The Morgan fingerprint density at radius 1 is 1.39 bits per heavy atom. The van der Waals surface area contributed by atoms with Crippen LogP contribution in [-0.4, -0.2) is 42.1 Å². The van der Waals surface area contributed by atoms with Crippen molar-refractivity contribution in [3.63, 3.8) is 0 Å². The number of aryl methyl sites for hydroxylation is 1. The van der Waals surface area contributed by atoms with Gasteiger partial charge in [0.1, 0.15) is 0 Å². The fraction of sp³-hybridized carbons (Fsp3) is 0.571. The van der Waals surface area contributed by atoms with Crippen LogP contribution in [0, 0.1) is 18.3 Å². The maximum atomic E-state index is 9.09. The van der Waals surface area contributed by atoms with Crippen molar-refractivity contribution in [3.05, 3.63) is 24.0 Å². The number of nitrogens with zero attached hydrogens (tertiary/aromatic N) is 4. The number of anilines is 1. The molecule has 1 aliphatic rings. The zero-order valence-corrected chi connectivity index (χ0v) is 11.1. The smallest absolute Gasteiger partial charge is 0.0976 e. The number of piperazine rings is 1. The number of nitriles is 1. The van der Waals surface area contributed by atoms with E-state index >= 15 is 0 Å². The van der Waals surface area contributed by atoms with E-state index in [2.05, 4.69) is 40.8 Å². The summed E-state index contributed by atoms with van der Waals surface area (Å²) in [6.07, 6.45) is 4.66. The lowest BCUT2D eigenvalue weighted by Gasteiger charge is -2.38. The lowest BCUT2D eigenvalue weighted by Crippen LogP contribution is -2.50. The molecule has 0 aliphatic carbocycles. The van der Waals surface area contributed by atoms with Crippen LogP contribution in [0.2, 0.25) is 0 Å². The first-order chi connectivity index (χ1) is 8.76. The van der Waals surface area contributed by atoms with Crippen molar-refractivity contribution < 1.29 is 0 Å². The quantitative estimate of drug-likeness (QED) is 0.813. The van der Waals surface area contributed by atoms with E-state index < -0.39 is 0 Å². The number of hydrogen-bond donors (Lipinski definition) is 0. The average Bonchev–Trinajstić information content (AvgIpc) is 2.42. The van der Waals surface area contributed by atoms with Gasteiger partial charge in [-0.25, -0.2) is 0 Å². The highest BCUT2D eigenvalue weighted by atomic mass is 15.3. The molecule has 4 nitrogen and oxygen atoms in total. The Morgan fingerprint density at radius 3 is 2.67 bits per heavy atom. The van der Waals surface area contributed by atoms with Crippen molar-refractivity contribution in [3.8, 4) is 6.07 Å². The maximum absolute atomic E-state index is 9.09. The van der Waals surface area contributed by atoms with Gasteiger partial charge in [-0.05, 0) is 25.0 Å². The second kappa shape index (κ2) is 5.83. The third-order valence-corrected chi connectivity index (χ3v) is 3.62. The molecule has 96 valence electrons. The van der Waals surface area contributed by atoms with E-state index in [-0.39, 0.29) is 6.04 Å².